The fraction of sp³-hybridized carbons (Fsp3) is 0.868. The van der Waals surface area contributed by atoms with Crippen LogP contribution in [0.2, 0.25) is 0 Å². The van der Waals surface area contributed by atoms with Gasteiger partial charge in [-0.2, -0.15) is 0 Å². The van der Waals surface area contributed by atoms with Crippen LogP contribution in [0.5, 0.6) is 0 Å². The van der Waals surface area contributed by atoms with Gasteiger partial charge in [-0.3, -0.25) is 19.2 Å². The van der Waals surface area contributed by atoms with E-state index in [2.05, 4.69) is 42.0 Å². The summed E-state index contributed by atoms with van der Waals surface area (Å²) in [7, 11) is -3.58. The molecule has 0 spiro atoms. The number of fused-ring (bicyclic) bond motifs is 1. The van der Waals surface area contributed by atoms with Crippen molar-refractivity contribution in [2.24, 2.45) is 17.3 Å². The van der Waals surface area contributed by atoms with Crippen molar-refractivity contribution in [3.8, 4) is 0 Å². The first-order valence-corrected chi connectivity index (χ1v) is 21.3. The molecule has 4 aliphatic rings. The summed E-state index contributed by atoms with van der Waals surface area (Å²) in [5.74, 6) is -2.69. The highest BCUT2D eigenvalue weighted by Crippen LogP contribution is 2.65. The molecule has 14 heteroatoms. The minimum absolute atomic E-state index is 0.00583. The Morgan fingerprint density at radius 1 is 0.942 bits per heavy atom. The topological polar surface area (TPSA) is 180 Å². The summed E-state index contributed by atoms with van der Waals surface area (Å²) in [4.78, 5) is 70.2. The van der Waals surface area contributed by atoms with Crippen molar-refractivity contribution in [3.05, 3.63) is 0 Å². The Bertz CT molecular complexity index is 1430. The quantitative estimate of drug-likeness (QED) is 0.121. The van der Waals surface area contributed by atoms with E-state index in [9.17, 15) is 32.4 Å². The molecule has 52 heavy (non-hydrogen) atoms. The predicted molar refractivity (Wildman–Crippen MR) is 199 cm³/mol. The number of likely N-dealkylation sites (tertiary alicyclic amines) is 1. The number of carbonyl (C=O) groups excluding carboxylic acids is 5. The number of rotatable bonds is 18. The normalized spacial score (nSPS) is 25.2. The van der Waals surface area contributed by atoms with E-state index >= 15 is 0 Å². The van der Waals surface area contributed by atoms with Gasteiger partial charge in [0.25, 0.3) is 5.91 Å². The number of ketones is 1. The van der Waals surface area contributed by atoms with E-state index in [4.69, 9.17) is 4.74 Å². The van der Waals surface area contributed by atoms with Crippen LogP contribution >= 0.6 is 0 Å². The van der Waals surface area contributed by atoms with Crippen molar-refractivity contribution in [1.29, 1.82) is 0 Å². The molecular weight excluding hydrogens is 687 g/mol. The molecule has 1 saturated heterocycles. The van der Waals surface area contributed by atoms with Crippen LogP contribution in [-0.4, -0.2) is 102 Å². The number of amides is 5. The minimum Gasteiger partial charge on any atom is -0.376 e. The number of nitrogens with one attached hydrogen (secondary N) is 4. The number of carbonyl (C=O) groups is 5. The fourth-order valence-electron chi connectivity index (χ4n) is 8.21. The molecule has 3 aliphatic carbocycles. The van der Waals surface area contributed by atoms with Crippen LogP contribution in [-0.2, 0) is 33.8 Å². The Kier molecular flexibility index (Phi) is 13.5. The number of hydrogen-bond acceptors (Lipinski definition) is 8. The average Bonchev–Trinajstić information content (AvgIpc) is 3.91. The number of urea groups is 1. The van der Waals surface area contributed by atoms with E-state index in [0.29, 0.717) is 25.7 Å². The highest BCUT2D eigenvalue weighted by molar-refractivity contribution is 7.92. The van der Waals surface area contributed by atoms with Crippen LogP contribution in [0.25, 0.3) is 0 Å². The molecule has 0 unspecified atom stereocenters. The van der Waals surface area contributed by atoms with Gasteiger partial charge in [-0.05, 0) is 84.0 Å². The SMILES string of the molecule is CCCCCC[C@H](NC(=O)[C@@H]1[C@@H]2[C@H](CN1C(=O)[C@@H](NC(=O)NC1(CS(=O)(=O)C(C)(C)C)CCCCC1)[C@H](C)OCC)C2(C)C)C(=O)C(=O)NC1CC1. The molecule has 4 rings (SSSR count). The van der Waals surface area contributed by atoms with Gasteiger partial charge in [-0.15, -0.1) is 0 Å². The van der Waals surface area contributed by atoms with Crippen LogP contribution in [0, 0.1) is 17.3 Å². The lowest BCUT2D eigenvalue weighted by Gasteiger charge is -2.40. The molecule has 296 valence electrons. The van der Waals surface area contributed by atoms with Gasteiger partial charge >= 0.3 is 6.03 Å². The van der Waals surface area contributed by atoms with Gasteiger partial charge in [0, 0.05) is 19.2 Å². The van der Waals surface area contributed by atoms with E-state index in [1.54, 1.807) is 34.6 Å². The number of unbranched alkanes of at least 4 members (excludes halogenated alkanes) is 3. The highest BCUT2D eigenvalue weighted by atomic mass is 32.2. The maximum absolute atomic E-state index is 14.5. The molecule has 4 N–H and O–H groups in total. The number of nitrogens with zero attached hydrogens (tertiary/aromatic N) is 1. The van der Waals surface area contributed by atoms with E-state index < -0.39 is 73.9 Å². The maximum Gasteiger partial charge on any atom is 0.315 e. The highest BCUT2D eigenvalue weighted by Gasteiger charge is 2.69. The molecule has 3 saturated carbocycles. The van der Waals surface area contributed by atoms with Crippen molar-refractivity contribution in [1.82, 2.24) is 26.2 Å². The van der Waals surface area contributed by atoms with Crippen LogP contribution in [0.1, 0.15) is 132 Å². The van der Waals surface area contributed by atoms with Crippen LogP contribution in [0.4, 0.5) is 4.79 Å². The summed E-state index contributed by atoms with van der Waals surface area (Å²) in [6.07, 6.45) is 8.18. The lowest BCUT2D eigenvalue weighted by Crippen LogP contribution is -2.64. The Balaban J connectivity index is 1.55. The van der Waals surface area contributed by atoms with Gasteiger partial charge in [-0.25, -0.2) is 13.2 Å². The Morgan fingerprint density at radius 3 is 2.17 bits per heavy atom. The van der Waals surface area contributed by atoms with Gasteiger partial charge in [0.15, 0.2) is 9.84 Å². The van der Waals surface area contributed by atoms with Crippen LogP contribution < -0.4 is 21.3 Å². The largest absolute Gasteiger partial charge is 0.376 e. The summed E-state index contributed by atoms with van der Waals surface area (Å²) in [5, 5.41) is 11.4. The first kappa shape index (κ1) is 42.0. The Morgan fingerprint density at radius 2 is 1.60 bits per heavy atom. The second-order valence-corrected chi connectivity index (χ2v) is 20.1. The summed E-state index contributed by atoms with van der Waals surface area (Å²) < 4.78 is 31.5. The maximum atomic E-state index is 14.5. The molecule has 0 aromatic heterocycles. The molecule has 1 heterocycles. The third kappa shape index (κ3) is 9.86. The summed E-state index contributed by atoms with van der Waals surface area (Å²) in [6, 6.07) is -3.77. The minimum atomic E-state index is -3.58. The van der Waals surface area contributed by atoms with E-state index in [1.807, 2.05) is 0 Å². The van der Waals surface area contributed by atoms with Crippen molar-refractivity contribution in [2.75, 3.05) is 18.9 Å². The van der Waals surface area contributed by atoms with Crippen molar-refractivity contribution in [2.45, 2.75) is 173 Å². The molecule has 0 radical (unpaired) electrons. The Labute approximate surface area is 311 Å². The van der Waals surface area contributed by atoms with Crippen molar-refractivity contribution >= 4 is 39.4 Å². The number of piperidine rings is 1. The first-order chi connectivity index (χ1) is 24.3. The monoisotopic (exact) mass is 751 g/mol. The Hall–Kier alpha value is -2.74. The number of hydrogen-bond donors (Lipinski definition) is 4. The predicted octanol–water partition coefficient (Wildman–Crippen LogP) is 3.78. The van der Waals surface area contributed by atoms with E-state index in [1.165, 1.54) is 4.90 Å². The van der Waals surface area contributed by atoms with Crippen molar-refractivity contribution < 1.29 is 37.1 Å². The van der Waals surface area contributed by atoms with Crippen molar-refractivity contribution in [3.63, 3.8) is 0 Å². The number of ether oxygens (including phenoxy) is 1. The van der Waals surface area contributed by atoms with Crippen LogP contribution in [0.3, 0.4) is 0 Å². The molecule has 0 bridgehead atoms. The van der Waals surface area contributed by atoms with Gasteiger partial charge in [0.05, 0.1) is 28.2 Å². The first-order valence-electron chi connectivity index (χ1n) is 19.7. The second-order valence-electron chi connectivity index (χ2n) is 17.4. The third-order valence-electron chi connectivity index (χ3n) is 11.9. The molecule has 5 amide bonds. The van der Waals surface area contributed by atoms with E-state index in [0.717, 1.165) is 51.4 Å². The number of Topliss-reactive ketones (excluding diaryl/α,β-unsaturated/α-hetero) is 1. The zero-order valence-electron chi connectivity index (χ0n) is 32.8. The smallest absolute Gasteiger partial charge is 0.315 e. The zero-order chi connectivity index (χ0) is 38.6. The lowest BCUT2D eigenvalue weighted by atomic mass is 9.83. The summed E-state index contributed by atoms with van der Waals surface area (Å²) >= 11 is 0. The lowest BCUT2D eigenvalue weighted by molar-refractivity contribution is -0.146. The van der Waals surface area contributed by atoms with Gasteiger partial charge in [0.1, 0.15) is 12.1 Å². The van der Waals surface area contributed by atoms with Gasteiger partial charge in [-0.1, -0.05) is 65.7 Å². The molecule has 4 fully saturated rings. The average molecular weight is 752 g/mol. The molecule has 6 atom stereocenters. The number of sulfone groups is 1. The molecular formula is C38H65N5O8S. The van der Waals surface area contributed by atoms with Gasteiger partial charge in [0.2, 0.25) is 17.6 Å². The summed E-state index contributed by atoms with van der Waals surface area (Å²) in [5.41, 5.74) is -1.20. The van der Waals surface area contributed by atoms with Crippen LogP contribution in [0.15, 0.2) is 0 Å². The summed E-state index contributed by atoms with van der Waals surface area (Å²) in [6.45, 7) is 15.2. The van der Waals surface area contributed by atoms with E-state index in [-0.39, 0.29) is 42.2 Å². The zero-order valence-corrected chi connectivity index (χ0v) is 33.6. The van der Waals surface area contributed by atoms with Gasteiger partial charge < -0.3 is 30.9 Å². The third-order valence-corrected chi connectivity index (χ3v) is 14.7. The fourth-order valence-corrected chi connectivity index (χ4v) is 9.73. The standard InChI is InChI=1S/C38H65N5O8S/c1-9-11-12-14-17-27(31(44)33(46)39-25-18-19-25)40-32(45)30-28-26(37(28,7)8)22-43(30)34(47)29(24(3)51-10-2)41-35(48)42-38(20-15-13-16-21-38)23-52(49,50)36(4,5)6/h24-30H,9-23H2,1-8H3,(H,39,46)(H,40,45)(H2,41,42,48)/t24-,26-,27-,28-,29-,30-/m0/s1. The second kappa shape index (κ2) is 16.7. The molecule has 13 nitrogen and oxygen atoms in total. The molecule has 1 aliphatic heterocycles. The molecule has 0 aromatic rings. The molecule has 0 aromatic carbocycles.